The van der Waals surface area contributed by atoms with Gasteiger partial charge in [-0.05, 0) is 42.6 Å². The summed E-state index contributed by atoms with van der Waals surface area (Å²) in [6, 6.07) is 8.30. The zero-order chi connectivity index (χ0) is 13.7. The lowest BCUT2D eigenvalue weighted by atomic mass is 9.90. The van der Waals surface area contributed by atoms with Crippen molar-refractivity contribution < 1.29 is 4.74 Å². The minimum atomic E-state index is 0.289. The number of rotatable bonds is 6. The van der Waals surface area contributed by atoms with E-state index in [0.717, 1.165) is 31.9 Å². The minimum absolute atomic E-state index is 0.289. The van der Waals surface area contributed by atoms with Crippen LogP contribution in [0, 0.1) is 5.41 Å². The Morgan fingerprint density at radius 2 is 2.37 bits per heavy atom. The Kier molecular flexibility index (Phi) is 4.61. The third-order valence-corrected chi connectivity index (χ3v) is 3.80. The van der Waals surface area contributed by atoms with Gasteiger partial charge in [-0.15, -0.1) is 0 Å². The van der Waals surface area contributed by atoms with E-state index in [1.807, 2.05) is 12.1 Å². The topological polar surface area (TPSA) is 38.5 Å². The molecule has 0 aromatic heterocycles. The van der Waals surface area contributed by atoms with Crippen LogP contribution in [0.3, 0.4) is 0 Å². The molecule has 0 saturated carbocycles. The largest absolute Gasteiger partial charge is 0.490 e. The summed E-state index contributed by atoms with van der Waals surface area (Å²) in [5.74, 6) is 0.915. The van der Waals surface area contributed by atoms with Gasteiger partial charge in [0.05, 0.1) is 0 Å². The normalized spacial score (nSPS) is 23.5. The average Bonchev–Trinajstić information content (AvgIpc) is 2.79. The molecular weight excluding hydrogens is 236 g/mol. The summed E-state index contributed by atoms with van der Waals surface area (Å²) in [6.07, 6.45) is 2.95. The number of hydrogen-bond donors (Lipinski definition) is 1. The van der Waals surface area contributed by atoms with Crippen LogP contribution in [0.1, 0.15) is 18.9 Å². The van der Waals surface area contributed by atoms with Gasteiger partial charge in [-0.1, -0.05) is 31.7 Å². The van der Waals surface area contributed by atoms with E-state index in [9.17, 15) is 0 Å². The molecule has 1 aromatic rings. The minimum Gasteiger partial charge on any atom is -0.490 e. The smallest absolute Gasteiger partial charge is 0.120 e. The zero-order valence-electron chi connectivity index (χ0n) is 11.8. The summed E-state index contributed by atoms with van der Waals surface area (Å²) in [4.78, 5) is 2.47. The highest BCUT2D eigenvalue weighted by atomic mass is 16.5. The fraction of sp³-hybridized carbons (Fsp3) is 0.500. The maximum Gasteiger partial charge on any atom is 0.120 e. The Morgan fingerprint density at radius 3 is 3.05 bits per heavy atom. The van der Waals surface area contributed by atoms with Crippen molar-refractivity contribution in [2.45, 2.75) is 19.9 Å². The average molecular weight is 260 g/mol. The van der Waals surface area contributed by atoms with Crippen molar-refractivity contribution in [3.63, 3.8) is 0 Å². The third kappa shape index (κ3) is 3.82. The second-order valence-electron chi connectivity index (χ2n) is 5.72. The molecule has 3 heteroatoms. The summed E-state index contributed by atoms with van der Waals surface area (Å²) in [5.41, 5.74) is 7.43. The summed E-state index contributed by atoms with van der Waals surface area (Å²) in [6.45, 7) is 10.4. The van der Waals surface area contributed by atoms with Crippen LogP contribution < -0.4 is 10.5 Å². The molecule has 19 heavy (non-hydrogen) atoms. The van der Waals surface area contributed by atoms with Crippen molar-refractivity contribution in [3.05, 3.63) is 42.5 Å². The van der Waals surface area contributed by atoms with Crippen molar-refractivity contribution >= 4 is 0 Å². The molecule has 1 atom stereocenters. The molecule has 1 saturated heterocycles. The predicted molar refractivity (Wildman–Crippen MR) is 79.2 cm³/mol. The Hall–Kier alpha value is -1.32. The fourth-order valence-electron chi connectivity index (χ4n) is 2.57. The Bertz CT molecular complexity index is 433. The Labute approximate surface area is 116 Å². The molecule has 1 aliphatic rings. The van der Waals surface area contributed by atoms with Crippen molar-refractivity contribution in [2.24, 2.45) is 11.1 Å². The molecule has 1 aromatic carbocycles. The van der Waals surface area contributed by atoms with Crippen LogP contribution in [0.15, 0.2) is 36.9 Å². The number of nitrogens with zero attached hydrogens (tertiary/aromatic N) is 1. The van der Waals surface area contributed by atoms with E-state index in [1.54, 1.807) is 6.08 Å². The standard InChI is InChI=1S/C16H24N2O/c1-3-9-19-15-6-4-5-14(10-15)11-18-8-7-16(2,12-17)13-18/h3-6,10H,1,7-9,11-13,17H2,2H3. The number of benzene rings is 1. The molecule has 2 N–H and O–H groups in total. The first kappa shape index (κ1) is 14.1. The SMILES string of the molecule is C=CCOc1cccc(CN2CCC(C)(CN)C2)c1. The number of hydrogen-bond acceptors (Lipinski definition) is 3. The van der Waals surface area contributed by atoms with Gasteiger partial charge in [0.25, 0.3) is 0 Å². The van der Waals surface area contributed by atoms with Crippen LogP contribution in [-0.4, -0.2) is 31.1 Å². The molecule has 0 radical (unpaired) electrons. The first-order valence-electron chi connectivity index (χ1n) is 6.90. The molecule has 1 unspecified atom stereocenters. The summed E-state index contributed by atoms with van der Waals surface area (Å²) < 4.78 is 5.57. The van der Waals surface area contributed by atoms with E-state index < -0.39 is 0 Å². The molecular formula is C16H24N2O. The van der Waals surface area contributed by atoms with E-state index in [-0.39, 0.29) is 5.41 Å². The molecule has 0 spiro atoms. The highest BCUT2D eigenvalue weighted by Crippen LogP contribution is 2.29. The van der Waals surface area contributed by atoms with E-state index in [1.165, 1.54) is 12.0 Å². The van der Waals surface area contributed by atoms with Crippen LogP contribution in [0.2, 0.25) is 0 Å². The molecule has 0 aliphatic carbocycles. The van der Waals surface area contributed by atoms with Crippen molar-refractivity contribution in [3.8, 4) is 5.75 Å². The number of ether oxygens (including phenoxy) is 1. The second kappa shape index (κ2) is 6.22. The lowest BCUT2D eigenvalue weighted by Gasteiger charge is -2.22. The first-order valence-corrected chi connectivity index (χ1v) is 6.90. The maximum atomic E-state index is 5.85. The second-order valence-corrected chi connectivity index (χ2v) is 5.72. The molecule has 2 rings (SSSR count). The van der Waals surface area contributed by atoms with Crippen LogP contribution in [0.4, 0.5) is 0 Å². The highest BCUT2D eigenvalue weighted by molar-refractivity contribution is 5.28. The summed E-state index contributed by atoms with van der Waals surface area (Å²) in [7, 11) is 0. The van der Waals surface area contributed by atoms with Gasteiger partial charge in [-0.3, -0.25) is 4.90 Å². The monoisotopic (exact) mass is 260 g/mol. The van der Waals surface area contributed by atoms with Crippen molar-refractivity contribution in [2.75, 3.05) is 26.2 Å². The molecule has 1 fully saturated rings. The van der Waals surface area contributed by atoms with Gasteiger partial charge in [-0.25, -0.2) is 0 Å². The maximum absolute atomic E-state index is 5.85. The van der Waals surface area contributed by atoms with E-state index in [2.05, 4.69) is 30.5 Å². The van der Waals surface area contributed by atoms with E-state index >= 15 is 0 Å². The van der Waals surface area contributed by atoms with Crippen LogP contribution in [0.25, 0.3) is 0 Å². The summed E-state index contributed by atoms with van der Waals surface area (Å²) >= 11 is 0. The van der Waals surface area contributed by atoms with Crippen molar-refractivity contribution in [1.82, 2.24) is 4.90 Å². The molecule has 3 nitrogen and oxygen atoms in total. The molecule has 1 heterocycles. The van der Waals surface area contributed by atoms with Crippen LogP contribution in [-0.2, 0) is 6.54 Å². The van der Waals surface area contributed by atoms with E-state index in [4.69, 9.17) is 10.5 Å². The molecule has 104 valence electrons. The van der Waals surface area contributed by atoms with Crippen molar-refractivity contribution in [1.29, 1.82) is 0 Å². The van der Waals surface area contributed by atoms with Gasteiger partial charge in [0, 0.05) is 13.1 Å². The highest BCUT2D eigenvalue weighted by Gasteiger charge is 2.32. The first-order chi connectivity index (χ1) is 9.15. The van der Waals surface area contributed by atoms with Gasteiger partial charge in [0.1, 0.15) is 12.4 Å². The van der Waals surface area contributed by atoms with Gasteiger partial charge >= 0.3 is 0 Å². The van der Waals surface area contributed by atoms with Gasteiger partial charge in [-0.2, -0.15) is 0 Å². The number of likely N-dealkylation sites (tertiary alicyclic amines) is 1. The molecule has 0 amide bonds. The Morgan fingerprint density at radius 1 is 1.53 bits per heavy atom. The van der Waals surface area contributed by atoms with E-state index in [0.29, 0.717) is 6.61 Å². The molecule has 1 aliphatic heterocycles. The fourth-order valence-corrected chi connectivity index (χ4v) is 2.57. The number of nitrogens with two attached hydrogens (primary N) is 1. The summed E-state index contributed by atoms with van der Waals surface area (Å²) in [5, 5.41) is 0. The Balaban J connectivity index is 1.94. The molecule has 0 bridgehead atoms. The van der Waals surface area contributed by atoms with Crippen LogP contribution in [0.5, 0.6) is 5.75 Å². The lowest BCUT2D eigenvalue weighted by Crippen LogP contribution is -2.31. The quantitative estimate of drug-likeness (QED) is 0.798. The lowest BCUT2D eigenvalue weighted by molar-refractivity contribution is 0.274. The van der Waals surface area contributed by atoms with Gasteiger partial charge < -0.3 is 10.5 Å². The van der Waals surface area contributed by atoms with Gasteiger partial charge in [0.2, 0.25) is 0 Å². The van der Waals surface area contributed by atoms with Crippen LogP contribution >= 0.6 is 0 Å². The van der Waals surface area contributed by atoms with Gasteiger partial charge in [0.15, 0.2) is 0 Å². The third-order valence-electron chi connectivity index (χ3n) is 3.80. The predicted octanol–water partition coefficient (Wildman–Crippen LogP) is 2.42. The zero-order valence-corrected chi connectivity index (χ0v) is 11.8.